The molecule has 0 fully saturated rings. The number of rotatable bonds is 3. The molecule has 1 aromatic carbocycles. The highest BCUT2D eigenvalue weighted by atomic mass is 16.4. The first kappa shape index (κ1) is 13.8. The summed E-state index contributed by atoms with van der Waals surface area (Å²) >= 11 is 0. The van der Waals surface area contributed by atoms with Crippen molar-refractivity contribution in [2.75, 3.05) is 0 Å². The maximum Gasteiger partial charge on any atom is 0.336 e. The first-order valence-corrected chi connectivity index (χ1v) is 6.00. The van der Waals surface area contributed by atoms with Gasteiger partial charge in [-0.1, -0.05) is 18.2 Å². The highest BCUT2D eigenvalue weighted by Gasteiger charge is 2.12. The fourth-order valence-corrected chi connectivity index (χ4v) is 2.01. The van der Waals surface area contributed by atoms with Gasteiger partial charge in [0.2, 0.25) is 0 Å². The number of aromatic nitrogens is 2. The Labute approximate surface area is 114 Å². The average molecular weight is 274 g/mol. The maximum absolute atomic E-state index is 12.1. The third-order valence-electron chi connectivity index (χ3n) is 3.18. The molecule has 6 nitrogen and oxygen atoms in total. The zero-order chi connectivity index (χ0) is 14.9. The number of carboxylic acid groups (broad SMARTS) is 1. The van der Waals surface area contributed by atoms with Crippen molar-refractivity contribution in [1.82, 2.24) is 9.13 Å². The molecule has 0 aliphatic carbocycles. The van der Waals surface area contributed by atoms with E-state index in [1.165, 1.54) is 23.7 Å². The third kappa shape index (κ3) is 2.40. The largest absolute Gasteiger partial charge is 0.478 e. The van der Waals surface area contributed by atoms with E-state index in [1.54, 1.807) is 25.1 Å². The Hall–Kier alpha value is -2.63. The van der Waals surface area contributed by atoms with E-state index < -0.39 is 11.7 Å². The van der Waals surface area contributed by atoms with Crippen LogP contribution in [0.5, 0.6) is 0 Å². The van der Waals surface area contributed by atoms with Gasteiger partial charge in [-0.05, 0) is 18.6 Å². The van der Waals surface area contributed by atoms with E-state index in [4.69, 9.17) is 5.11 Å². The van der Waals surface area contributed by atoms with Gasteiger partial charge >= 0.3 is 11.7 Å². The topological polar surface area (TPSA) is 81.3 Å². The molecular formula is C14H14N2O4. The van der Waals surface area contributed by atoms with E-state index in [9.17, 15) is 14.4 Å². The van der Waals surface area contributed by atoms with Gasteiger partial charge in [0.05, 0.1) is 12.1 Å². The van der Waals surface area contributed by atoms with Crippen LogP contribution in [0, 0.1) is 6.92 Å². The van der Waals surface area contributed by atoms with Crippen LogP contribution in [0.4, 0.5) is 0 Å². The van der Waals surface area contributed by atoms with E-state index in [1.807, 2.05) is 0 Å². The van der Waals surface area contributed by atoms with Crippen LogP contribution >= 0.6 is 0 Å². The van der Waals surface area contributed by atoms with E-state index in [-0.39, 0.29) is 17.7 Å². The summed E-state index contributed by atoms with van der Waals surface area (Å²) in [4.78, 5) is 34.7. The Morgan fingerprint density at radius 2 is 1.90 bits per heavy atom. The van der Waals surface area contributed by atoms with Crippen molar-refractivity contribution in [3.05, 3.63) is 68.0 Å². The van der Waals surface area contributed by atoms with Gasteiger partial charge < -0.3 is 5.11 Å². The molecule has 2 rings (SSSR count). The maximum atomic E-state index is 12.1. The van der Waals surface area contributed by atoms with Gasteiger partial charge in [0.1, 0.15) is 0 Å². The van der Waals surface area contributed by atoms with Gasteiger partial charge in [-0.3, -0.25) is 13.9 Å². The second-order valence-corrected chi connectivity index (χ2v) is 4.51. The molecule has 0 bridgehead atoms. The van der Waals surface area contributed by atoms with Crippen molar-refractivity contribution in [2.24, 2.45) is 7.05 Å². The first-order valence-electron chi connectivity index (χ1n) is 6.00. The Kier molecular flexibility index (Phi) is 3.56. The highest BCUT2D eigenvalue weighted by Crippen LogP contribution is 2.10. The smallest absolute Gasteiger partial charge is 0.336 e. The molecule has 0 atom stereocenters. The molecule has 0 amide bonds. The molecule has 0 aliphatic heterocycles. The van der Waals surface area contributed by atoms with Gasteiger partial charge in [-0.25, -0.2) is 9.59 Å². The lowest BCUT2D eigenvalue weighted by Gasteiger charge is -2.12. The number of aryl methyl sites for hydroxylation is 1. The molecule has 20 heavy (non-hydrogen) atoms. The van der Waals surface area contributed by atoms with Crippen molar-refractivity contribution < 1.29 is 9.90 Å². The fraction of sp³-hybridized carbons (Fsp3) is 0.214. The molecule has 0 saturated heterocycles. The van der Waals surface area contributed by atoms with Crippen molar-refractivity contribution in [1.29, 1.82) is 0 Å². The number of carbonyl (C=O) groups is 1. The number of aromatic carboxylic acids is 1. The lowest BCUT2D eigenvalue weighted by Crippen LogP contribution is -2.39. The van der Waals surface area contributed by atoms with Crippen LogP contribution in [0.2, 0.25) is 0 Å². The van der Waals surface area contributed by atoms with Crippen molar-refractivity contribution in [2.45, 2.75) is 13.5 Å². The van der Waals surface area contributed by atoms with Crippen molar-refractivity contribution in [3.8, 4) is 0 Å². The predicted molar refractivity (Wildman–Crippen MR) is 73.2 cm³/mol. The number of hydrogen-bond acceptors (Lipinski definition) is 3. The van der Waals surface area contributed by atoms with Crippen LogP contribution in [-0.2, 0) is 13.6 Å². The summed E-state index contributed by atoms with van der Waals surface area (Å²) in [5.41, 5.74) is 0.320. The molecule has 0 spiro atoms. The van der Waals surface area contributed by atoms with Crippen molar-refractivity contribution >= 4 is 5.97 Å². The van der Waals surface area contributed by atoms with Crippen LogP contribution in [0.25, 0.3) is 0 Å². The molecule has 2 aromatic rings. The second-order valence-electron chi connectivity index (χ2n) is 4.51. The van der Waals surface area contributed by atoms with Gasteiger partial charge in [0.25, 0.3) is 5.56 Å². The molecule has 0 aliphatic rings. The highest BCUT2D eigenvalue weighted by molar-refractivity contribution is 5.89. The Bertz CT molecular complexity index is 786. The normalized spacial score (nSPS) is 10.5. The fourth-order valence-electron chi connectivity index (χ4n) is 2.01. The summed E-state index contributed by atoms with van der Waals surface area (Å²) in [6.07, 6.45) is 0. The molecule has 0 unspecified atom stereocenters. The summed E-state index contributed by atoms with van der Waals surface area (Å²) in [6, 6.07) is 7.83. The van der Waals surface area contributed by atoms with E-state index in [0.29, 0.717) is 11.3 Å². The number of nitrogens with zero attached hydrogens (tertiary/aromatic N) is 2. The molecule has 104 valence electrons. The zero-order valence-corrected chi connectivity index (χ0v) is 11.2. The van der Waals surface area contributed by atoms with E-state index in [0.717, 1.165) is 4.57 Å². The minimum atomic E-state index is -1.05. The van der Waals surface area contributed by atoms with Crippen LogP contribution in [-0.4, -0.2) is 20.2 Å². The Morgan fingerprint density at radius 1 is 1.25 bits per heavy atom. The van der Waals surface area contributed by atoms with Gasteiger partial charge in [0, 0.05) is 18.8 Å². The van der Waals surface area contributed by atoms with Gasteiger partial charge in [-0.15, -0.1) is 0 Å². The Balaban J connectivity index is 2.57. The quantitative estimate of drug-likeness (QED) is 0.888. The third-order valence-corrected chi connectivity index (χ3v) is 3.18. The van der Waals surface area contributed by atoms with Crippen LogP contribution in [0.1, 0.15) is 21.6 Å². The molecule has 1 aromatic heterocycles. The molecule has 0 saturated carbocycles. The minimum Gasteiger partial charge on any atom is -0.478 e. The molecular weight excluding hydrogens is 260 g/mol. The second kappa shape index (κ2) is 5.16. The van der Waals surface area contributed by atoms with E-state index in [2.05, 4.69) is 0 Å². The number of hydrogen-bond donors (Lipinski definition) is 1. The molecule has 6 heteroatoms. The zero-order valence-electron chi connectivity index (χ0n) is 11.2. The van der Waals surface area contributed by atoms with Gasteiger partial charge in [-0.2, -0.15) is 0 Å². The lowest BCUT2D eigenvalue weighted by atomic mass is 10.1. The average Bonchev–Trinajstić information content (AvgIpc) is 2.41. The number of benzene rings is 1. The van der Waals surface area contributed by atoms with Crippen LogP contribution < -0.4 is 11.2 Å². The monoisotopic (exact) mass is 274 g/mol. The predicted octanol–water partition coefficient (Wildman–Crippen LogP) is 0.602. The van der Waals surface area contributed by atoms with E-state index >= 15 is 0 Å². The lowest BCUT2D eigenvalue weighted by molar-refractivity contribution is 0.0695. The molecule has 1 heterocycles. The summed E-state index contributed by atoms with van der Waals surface area (Å²) < 4.78 is 2.37. The summed E-state index contributed by atoms with van der Waals surface area (Å²) in [5, 5.41) is 9.14. The van der Waals surface area contributed by atoms with Gasteiger partial charge in [0.15, 0.2) is 0 Å². The summed E-state index contributed by atoms with van der Waals surface area (Å²) in [7, 11) is 1.39. The number of carboxylic acids is 1. The Morgan fingerprint density at radius 3 is 2.55 bits per heavy atom. The summed E-state index contributed by atoms with van der Waals surface area (Å²) in [5.74, 6) is -1.05. The SMILES string of the molecule is Cc1cc(=O)n(C)c(=O)n1Cc1ccccc1C(=O)O. The van der Waals surface area contributed by atoms with Crippen LogP contribution in [0.3, 0.4) is 0 Å². The van der Waals surface area contributed by atoms with Crippen molar-refractivity contribution in [3.63, 3.8) is 0 Å². The molecule has 1 N–H and O–H groups in total. The minimum absolute atomic E-state index is 0.112. The standard InChI is InChI=1S/C14H14N2O4/c1-9-7-12(17)15(2)14(20)16(9)8-10-5-3-4-6-11(10)13(18)19/h3-7H,8H2,1-2H3,(H,18,19). The molecule has 0 radical (unpaired) electrons. The first-order chi connectivity index (χ1) is 9.41. The summed E-state index contributed by atoms with van der Waals surface area (Å²) in [6.45, 7) is 1.76. The van der Waals surface area contributed by atoms with Crippen LogP contribution in [0.15, 0.2) is 39.9 Å².